The Morgan fingerprint density at radius 3 is 2.86 bits per heavy atom. The minimum atomic E-state index is -0.553. The van der Waals surface area contributed by atoms with Crippen molar-refractivity contribution >= 4 is 17.8 Å². The molecule has 0 saturated heterocycles. The number of carbonyl (C=O) groups is 1. The lowest BCUT2D eigenvalue weighted by Crippen LogP contribution is -2.18. The first-order valence-corrected chi connectivity index (χ1v) is 6.18. The van der Waals surface area contributed by atoms with E-state index in [1.165, 1.54) is 31.7 Å². The molecule has 1 N–H and O–H groups in total. The summed E-state index contributed by atoms with van der Waals surface area (Å²) < 4.78 is 4.90. The first kappa shape index (κ1) is 15.1. The predicted octanol–water partition coefficient (Wildman–Crippen LogP) is 1.76. The Morgan fingerprint density at radius 2 is 2.23 bits per heavy atom. The number of hydrazone groups is 1. The number of aromatic nitrogens is 1. The van der Waals surface area contributed by atoms with Gasteiger partial charge in [-0.15, -0.1) is 0 Å². The summed E-state index contributed by atoms with van der Waals surface area (Å²) in [5.74, 6) is -0.320. The zero-order valence-corrected chi connectivity index (χ0v) is 11.6. The molecule has 2 aromatic rings. The highest BCUT2D eigenvalue weighted by molar-refractivity contribution is 5.93. The van der Waals surface area contributed by atoms with E-state index in [4.69, 9.17) is 4.74 Å². The molecule has 0 aliphatic carbocycles. The zero-order chi connectivity index (χ0) is 15.9. The Balaban J connectivity index is 2.09. The standard InChI is InChI=1S/C14H12N4O4/c1-22-13-6-5-10(8-12(13)18(20)21)9-16-17-14(19)11-4-2-3-7-15-11/h2-9H,1H3,(H,17,19)/b16-9-. The molecule has 2 rings (SSSR count). The first-order valence-electron chi connectivity index (χ1n) is 6.18. The third-order valence-electron chi connectivity index (χ3n) is 2.68. The smallest absolute Gasteiger partial charge is 0.311 e. The van der Waals surface area contributed by atoms with Gasteiger partial charge < -0.3 is 4.74 Å². The van der Waals surface area contributed by atoms with Crippen LogP contribution in [0.15, 0.2) is 47.7 Å². The molecule has 22 heavy (non-hydrogen) atoms. The van der Waals surface area contributed by atoms with E-state index in [1.54, 1.807) is 24.3 Å². The van der Waals surface area contributed by atoms with Crippen molar-refractivity contribution in [3.05, 3.63) is 64.0 Å². The summed E-state index contributed by atoms with van der Waals surface area (Å²) in [5.41, 5.74) is 2.79. The fourth-order valence-electron chi connectivity index (χ4n) is 1.65. The van der Waals surface area contributed by atoms with Gasteiger partial charge in [0.05, 0.1) is 18.2 Å². The number of ether oxygens (including phenoxy) is 1. The molecule has 1 aromatic heterocycles. The largest absolute Gasteiger partial charge is 0.490 e. The average Bonchev–Trinajstić information content (AvgIpc) is 2.55. The van der Waals surface area contributed by atoms with Crippen molar-refractivity contribution in [2.75, 3.05) is 7.11 Å². The van der Waals surface area contributed by atoms with E-state index in [2.05, 4.69) is 15.5 Å². The molecule has 0 atom stereocenters. The summed E-state index contributed by atoms with van der Waals surface area (Å²) in [4.78, 5) is 25.9. The lowest BCUT2D eigenvalue weighted by Gasteiger charge is -2.02. The van der Waals surface area contributed by atoms with Gasteiger partial charge in [-0.05, 0) is 24.3 Å². The molecule has 8 heteroatoms. The highest BCUT2D eigenvalue weighted by Gasteiger charge is 2.14. The van der Waals surface area contributed by atoms with Crippen molar-refractivity contribution in [1.82, 2.24) is 10.4 Å². The number of nitro benzene ring substituents is 1. The number of hydrogen-bond acceptors (Lipinski definition) is 6. The summed E-state index contributed by atoms with van der Waals surface area (Å²) in [6.07, 6.45) is 2.79. The van der Waals surface area contributed by atoms with Crippen molar-refractivity contribution in [3.8, 4) is 5.75 Å². The van der Waals surface area contributed by atoms with E-state index >= 15 is 0 Å². The van der Waals surface area contributed by atoms with E-state index in [0.29, 0.717) is 5.56 Å². The topological polar surface area (TPSA) is 107 Å². The van der Waals surface area contributed by atoms with E-state index in [0.717, 1.165) is 0 Å². The summed E-state index contributed by atoms with van der Waals surface area (Å²) >= 11 is 0. The van der Waals surface area contributed by atoms with Gasteiger partial charge in [0, 0.05) is 17.8 Å². The summed E-state index contributed by atoms with van der Waals surface area (Å²) in [7, 11) is 1.35. The molecule has 8 nitrogen and oxygen atoms in total. The molecule has 0 bridgehead atoms. The van der Waals surface area contributed by atoms with Crippen molar-refractivity contribution < 1.29 is 14.5 Å². The maximum Gasteiger partial charge on any atom is 0.311 e. The molecule has 0 aliphatic rings. The van der Waals surface area contributed by atoms with Crippen LogP contribution < -0.4 is 10.2 Å². The number of nitrogens with one attached hydrogen (secondary N) is 1. The normalized spacial score (nSPS) is 10.4. The SMILES string of the molecule is COc1ccc(/C=N\NC(=O)c2ccccn2)cc1[N+](=O)[O-]. The van der Waals surface area contributed by atoms with Gasteiger partial charge in [-0.25, -0.2) is 5.43 Å². The second-order valence-corrected chi connectivity index (χ2v) is 4.10. The number of nitro groups is 1. The molecule has 0 fully saturated rings. The number of benzene rings is 1. The highest BCUT2D eigenvalue weighted by Crippen LogP contribution is 2.26. The van der Waals surface area contributed by atoms with Gasteiger partial charge in [0.1, 0.15) is 5.69 Å². The maximum atomic E-state index is 11.7. The van der Waals surface area contributed by atoms with E-state index in [1.807, 2.05) is 0 Å². The highest BCUT2D eigenvalue weighted by atomic mass is 16.6. The summed E-state index contributed by atoms with van der Waals surface area (Å²) in [6, 6.07) is 9.26. The van der Waals surface area contributed by atoms with Gasteiger partial charge in [0.15, 0.2) is 5.75 Å². The fraction of sp³-hybridized carbons (Fsp3) is 0.0714. The Labute approximate surface area is 125 Å². The predicted molar refractivity (Wildman–Crippen MR) is 78.9 cm³/mol. The van der Waals surface area contributed by atoms with Crippen LogP contribution in [0.5, 0.6) is 5.75 Å². The lowest BCUT2D eigenvalue weighted by molar-refractivity contribution is -0.385. The Bertz CT molecular complexity index is 716. The molecule has 0 spiro atoms. The first-order chi connectivity index (χ1) is 10.6. The van der Waals surface area contributed by atoms with Gasteiger partial charge in [-0.1, -0.05) is 6.07 Å². The quantitative estimate of drug-likeness (QED) is 0.514. The molecule has 0 saturated carbocycles. The minimum Gasteiger partial charge on any atom is -0.490 e. The number of pyridine rings is 1. The van der Waals surface area contributed by atoms with Crippen LogP contribution in [-0.4, -0.2) is 29.1 Å². The number of nitrogens with zero attached hydrogens (tertiary/aromatic N) is 3. The van der Waals surface area contributed by atoms with Crippen LogP contribution in [0, 0.1) is 10.1 Å². The Morgan fingerprint density at radius 1 is 1.41 bits per heavy atom. The van der Waals surface area contributed by atoms with Crippen molar-refractivity contribution in [1.29, 1.82) is 0 Å². The zero-order valence-electron chi connectivity index (χ0n) is 11.6. The lowest BCUT2D eigenvalue weighted by atomic mass is 10.2. The minimum absolute atomic E-state index is 0.152. The molecular weight excluding hydrogens is 288 g/mol. The molecule has 112 valence electrons. The van der Waals surface area contributed by atoms with E-state index < -0.39 is 10.8 Å². The van der Waals surface area contributed by atoms with Crippen LogP contribution >= 0.6 is 0 Å². The molecule has 1 heterocycles. The van der Waals surface area contributed by atoms with Crippen LogP contribution in [0.2, 0.25) is 0 Å². The van der Waals surface area contributed by atoms with Crippen LogP contribution in [0.1, 0.15) is 16.1 Å². The molecule has 1 amide bonds. The van der Waals surface area contributed by atoms with Gasteiger partial charge in [-0.3, -0.25) is 19.9 Å². The molecule has 0 aliphatic heterocycles. The van der Waals surface area contributed by atoms with Crippen LogP contribution in [-0.2, 0) is 0 Å². The fourth-order valence-corrected chi connectivity index (χ4v) is 1.65. The summed E-state index contributed by atoms with van der Waals surface area (Å²) in [5, 5.41) is 14.6. The number of hydrogen-bond donors (Lipinski definition) is 1. The van der Waals surface area contributed by atoms with Crippen molar-refractivity contribution in [3.63, 3.8) is 0 Å². The number of methoxy groups -OCH3 is 1. The van der Waals surface area contributed by atoms with Gasteiger partial charge in [-0.2, -0.15) is 5.10 Å². The van der Waals surface area contributed by atoms with Crippen LogP contribution in [0.3, 0.4) is 0 Å². The van der Waals surface area contributed by atoms with E-state index in [9.17, 15) is 14.9 Å². The second kappa shape index (κ2) is 6.93. The van der Waals surface area contributed by atoms with Gasteiger partial charge >= 0.3 is 5.69 Å². The molecule has 0 radical (unpaired) electrons. The Hall–Kier alpha value is -3.29. The van der Waals surface area contributed by atoms with Crippen LogP contribution in [0.25, 0.3) is 0 Å². The number of rotatable bonds is 5. The van der Waals surface area contributed by atoms with Gasteiger partial charge in [0.2, 0.25) is 0 Å². The molecule has 1 aromatic carbocycles. The number of carbonyl (C=O) groups excluding carboxylic acids is 1. The van der Waals surface area contributed by atoms with E-state index in [-0.39, 0.29) is 17.1 Å². The average molecular weight is 300 g/mol. The molecule has 0 unspecified atom stereocenters. The summed E-state index contributed by atoms with van der Waals surface area (Å²) in [6.45, 7) is 0. The monoisotopic (exact) mass is 300 g/mol. The number of amides is 1. The third kappa shape index (κ3) is 3.63. The van der Waals surface area contributed by atoms with Gasteiger partial charge in [0.25, 0.3) is 5.91 Å². The van der Waals surface area contributed by atoms with Crippen LogP contribution in [0.4, 0.5) is 5.69 Å². The van der Waals surface area contributed by atoms with Crippen molar-refractivity contribution in [2.45, 2.75) is 0 Å². The Kier molecular flexibility index (Phi) is 4.76. The third-order valence-corrected chi connectivity index (χ3v) is 2.68. The molecular formula is C14H12N4O4. The maximum absolute atomic E-state index is 11.7. The van der Waals surface area contributed by atoms with Crippen molar-refractivity contribution in [2.24, 2.45) is 5.10 Å². The second-order valence-electron chi connectivity index (χ2n) is 4.10.